The average Bonchev–Trinajstić information content (AvgIpc) is 3.47. The van der Waals surface area contributed by atoms with E-state index in [1.54, 1.807) is 18.6 Å². The number of nitrogen functional groups attached to an aromatic ring is 1. The highest BCUT2D eigenvalue weighted by molar-refractivity contribution is 7.71. The fraction of sp³-hybridized carbons (Fsp3) is 0.697. The number of nitrogens with two attached hydrogens (primary N) is 1. The summed E-state index contributed by atoms with van der Waals surface area (Å²) >= 11 is 5.45. The van der Waals surface area contributed by atoms with Crippen molar-refractivity contribution in [1.82, 2.24) is 24.2 Å². The van der Waals surface area contributed by atoms with Gasteiger partial charge in [-0.2, -0.15) is 14.7 Å². The minimum absolute atomic E-state index is 0.0326. The van der Waals surface area contributed by atoms with E-state index < -0.39 is 49.5 Å². The molecule has 1 saturated heterocycles. The van der Waals surface area contributed by atoms with Crippen molar-refractivity contribution in [1.29, 1.82) is 0 Å². The van der Waals surface area contributed by atoms with Gasteiger partial charge in [0.25, 0.3) is 5.88 Å². The number of fused-ring (bicyclic) bond motifs is 1. The molecule has 4 rings (SSSR count). The second-order valence-corrected chi connectivity index (χ2v) is 32.2. The first kappa shape index (κ1) is 38.8. The van der Waals surface area contributed by atoms with Gasteiger partial charge in [-0.3, -0.25) is 4.57 Å². The topological polar surface area (TPSA) is 121 Å². The molecule has 1 fully saturated rings. The predicted octanol–water partition coefficient (Wildman–Crippen LogP) is 8.48. The maximum absolute atomic E-state index is 7.32. The molecule has 48 heavy (non-hydrogen) atoms. The molecule has 0 bridgehead atoms. The normalized spacial score (nSPS) is 21.6. The Morgan fingerprint density at radius 3 is 1.94 bits per heavy atom. The summed E-state index contributed by atoms with van der Waals surface area (Å²) in [5.41, 5.74) is 7.17. The molecular formula is C33H58N6O5SSi3. The third kappa shape index (κ3) is 7.98. The SMILES string of the molecule is CC(C)(C)[Si](C)(C)OC[C@H]1O[C@@H](n2cnc3c(On4ccccc4=S)nc(N)nc32)[C@H](O[Si](C)(C)C(C)(C)C)[C@@H]1O[Si](C)(C)C(C)(C)C. The van der Waals surface area contributed by atoms with Crippen molar-refractivity contribution in [3.8, 4) is 5.88 Å². The van der Waals surface area contributed by atoms with Crippen LogP contribution in [-0.4, -0.2) is 74.1 Å². The van der Waals surface area contributed by atoms with E-state index in [9.17, 15) is 0 Å². The zero-order chi connectivity index (χ0) is 36.3. The Bertz CT molecular complexity index is 1660. The summed E-state index contributed by atoms with van der Waals surface area (Å²) in [6.45, 7) is 34.2. The molecule has 1 aliphatic rings. The monoisotopic (exact) mass is 734 g/mol. The Balaban J connectivity index is 1.87. The number of hydrogen-bond acceptors (Lipinski definition) is 10. The molecule has 0 saturated carbocycles. The van der Waals surface area contributed by atoms with Gasteiger partial charge in [-0.05, 0) is 66.5 Å². The van der Waals surface area contributed by atoms with Crippen molar-refractivity contribution < 1.29 is 22.9 Å². The van der Waals surface area contributed by atoms with Crippen LogP contribution in [-0.2, 0) is 18.0 Å². The van der Waals surface area contributed by atoms with Gasteiger partial charge >= 0.3 is 0 Å². The van der Waals surface area contributed by atoms with Crippen LogP contribution in [0.2, 0.25) is 54.4 Å². The first-order valence-corrected chi connectivity index (χ1v) is 25.9. The van der Waals surface area contributed by atoms with Crippen LogP contribution in [0.15, 0.2) is 30.7 Å². The van der Waals surface area contributed by atoms with Crippen molar-refractivity contribution in [2.45, 2.75) is 141 Å². The summed E-state index contributed by atoms with van der Waals surface area (Å²) in [4.78, 5) is 19.8. The molecule has 0 spiro atoms. The number of imidazole rings is 1. The molecule has 4 heterocycles. The van der Waals surface area contributed by atoms with E-state index in [0.717, 1.165) is 0 Å². The van der Waals surface area contributed by atoms with Crippen LogP contribution in [0.25, 0.3) is 11.2 Å². The van der Waals surface area contributed by atoms with E-state index in [1.165, 1.54) is 4.73 Å². The molecule has 0 aromatic carbocycles. The van der Waals surface area contributed by atoms with Crippen molar-refractivity contribution in [2.24, 2.45) is 0 Å². The van der Waals surface area contributed by atoms with Gasteiger partial charge < -0.3 is 28.6 Å². The molecule has 0 amide bonds. The van der Waals surface area contributed by atoms with E-state index in [0.29, 0.717) is 22.4 Å². The molecule has 1 aliphatic heterocycles. The van der Waals surface area contributed by atoms with Gasteiger partial charge in [0.05, 0.1) is 12.9 Å². The fourth-order valence-corrected chi connectivity index (χ4v) is 8.41. The zero-order valence-electron chi connectivity index (χ0n) is 31.7. The van der Waals surface area contributed by atoms with Crippen LogP contribution in [0.4, 0.5) is 5.95 Å². The van der Waals surface area contributed by atoms with Gasteiger partial charge in [0.2, 0.25) is 5.95 Å². The maximum Gasteiger partial charge on any atom is 0.279 e. The number of anilines is 1. The lowest BCUT2D eigenvalue weighted by molar-refractivity contribution is -0.0470. The second-order valence-electron chi connectivity index (χ2n) is 17.5. The lowest BCUT2D eigenvalue weighted by Gasteiger charge is -2.44. The molecule has 2 N–H and O–H groups in total. The highest BCUT2D eigenvalue weighted by atomic mass is 32.1. The molecule has 4 atom stereocenters. The molecule has 0 aliphatic carbocycles. The van der Waals surface area contributed by atoms with E-state index in [4.69, 9.17) is 45.8 Å². The van der Waals surface area contributed by atoms with Gasteiger partial charge in [-0.1, -0.05) is 80.6 Å². The number of nitrogens with zero attached hydrogens (tertiary/aromatic N) is 5. The molecule has 3 aromatic rings. The van der Waals surface area contributed by atoms with Crippen molar-refractivity contribution in [3.63, 3.8) is 0 Å². The van der Waals surface area contributed by atoms with Crippen LogP contribution in [0.5, 0.6) is 5.88 Å². The summed E-state index contributed by atoms with van der Waals surface area (Å²) in [5.74, 6) is 0.221. The van der Waals surface area contributed by atoms with Gasteiger partial charge in [-0.15, -0.1) is 0 Å². The van der Waals surface area contributed by atoms with Crippen LogP contribution in [0.1, 0.15) is 68.5 Å². The van der Waals surface area contributed by atoms with E-state index in [-0.39, 0.29) is 26.9 Å². The summed E-state index contributed by atoms with van der Waals surface area (Å²) in [6.07, 6.45) is 1.50. The van der Waals surface area contributed by atoms with Crippen LogP contribution in [0.3, 0.4) is 0 Å². The highest BCUT2D eigenvalue weighted by Crippen LogP contribution is 2.47. The Labute approximate surface area is 295 Å². The first-order chi connectivity index (χ1) is 21.8. The molecule has 3 aromatic heterocycles. The van der Waals surface area contributed by atoms with E-state index in [2.05, 4.69) is 112 Å². The maximum atomic E-state index is 7.32. The second kappa shape index (κ2) is 13.3. The third-order valence-electron chi connectivity index (χ3n) is 10.8. The number of ether oxygens (including phenoxy) is 1. The van der Waals surface area contributed by atoms with Gasteiger partial charge in [0.15, 0.2) is 42.3 Å². The highest BCUT2D eigenvalue weighted by Gasteiger charge is 2.55. The number of rotatable bonds is 10. The van der Waals surface area contributed by atoms with Crippen LogP contribution >= 0.6 is 12.2 Å². The summed E-state index contributed by atoms with van der Waals surface area (Å²) in [6, 6.07) is 5.42. The minimum Gasteiger partial charge on any atom is -0.414 e. The van der Waals surface area contributed by atoms with Crippen LogP contribution in [0, 0.1) is 4.64 Å². The van der Waals surface area contributed by atoms with Gasteiger partial charge in [0.1, 0.15) is 23.0 Å². The summed E-state index contributed by atoms with van der Waals surface area (Å²) < 4.78 is 32.3. The lowest BCUT2D eigenvalue weighted by atomic mass is 10.1. The molecule has 15 heteroatoms. The molecule has 0 radical (unpaired) electrons. The fourth-order valence-electron chi connectivity index (χ4n) is 4.61. The molecule has 11 nitrogen and oxygen atoms in total. The van der Waals surface area contributed by atoms with Crippen LogP contribution < -0.4 is 10.6 Å². The zero-order valence-corrected chi connectivity index (χ0v) is 35.5. The third-order valence-corrected chi connectivity index (χ3v) is 24.6. The van der Waals surface area contributed by atoms with E-state index >= 15 is 0 Å². The van der Waals surface area contributed by atoms with Gasteiger partial charge in [0, 0.05) is 6.20 Å². The van der Waals surface area contributed by atoms with Gasteiger partial charge in [-0.25, -0.2) is 4.98 Å². The number of aromatic nitrogens is 5. The largest absolute Gasteiger partial charge is 0.414 e. The average molecular weight is 735 g/mol. The quantitative estimate of drug-likeness (QED) is 0.160. The summed E-state index contributed by atoms with van der Waals surface area (Å²) in [5, 5.41) is -0.0646. The molecular weight excluding hydrogens is 677 g/mol. The Hall–Kier alpha value is -1.99. The molecule has 0 unspecified atom stereocenters. The predicted molar refractivity (Wildman–Crippen MR) is 202 cm³/mol. The standard InChI is InChI=1S/C33H58N6O5SSi3/c1-31(2,3)46(10,11)40-20-22-25(43-47(12,13)32(4,5)6)26(44-48(14,15)33(7,8)9)29(41-22)38-21-35-24-27(38)36-30(34)37-28(24)42-39-19-17-16-18-23(39)45/h16-19,21-22,25-26,29H,20H2,1-15H3,(H2,34,36,37)/t22-,25-,26-,29-/m1/s1. The number of pyridine rings is 1. The van der Waals surface area contributed by atoms with Crippen molar-refractivity contribution >= 4 is 54.3 Å². The van der Waals surface area contributed by atoms with Crippen molar-refractivity contribution in [3.05, 3.63) is 35.4 Å². The minimum atomic E-state index is -2.36. The van der Waals surface area contributed by atoms with E-state index in [1.807, 2.05) is 16.7 Å². The Kier molecular flexibility index (Phi) is 10.7. The lowest BCUT2D eigenvalue weighted by Crippen LogP contribution is -2.54. The molecule has 268 valence electrons. The Morgan fingerprint density at radius 2 is 1.40 bits per heavy atom. The number of hydrogen-bond donors (Lipinski definition) is 1. The summed E-state index contributed by atoms with van der Waals surface area (Å²) in [7, 11) is -6.80. The van der Waals surface area contributed by atoms with Crippen molar-refractivity contribution in [2.75, 3.05) is 12.3 Å². The first-order valence-electron chi connectivity index (χ1n) is 16.8. The Morgan fingerprint density at radius 1 is 0.833 bits per heavy atom. The smallest absolute Gasteiger partial charge is 0.279 e.